The van der Waals surface area contributed by atoms with E-state index in [1.807, 2.05) is 56.3 Å². The van der Waals surface area contributed by atoms with Gasteiger partial charge in [0.25, 0.3) is 0 Å². The number of aryl methyl sites for hydroxylation is 2. The number of hydrogen-bond acceptors (Lipinski definition) is 5. The average Bonchev–Trinajstić information content (AvgIpc) is 3.30. The number of aromatic nitrogens is 2. The Bertz CT molecular complexity index is 1040. The molecule has 2 aromatic heterocycles. The lowest BCUT2D eigenvalue weighted by molar-refractivity contribution is 0.390. The van der Waals surface area contributed by atoms with Crippen molar-refractivity contribution in [1.29, 1.82) is 0 Å². The smallest absolute Gasteiger partial charge is 0.218 e. The van der Waals surface area contributed by atoms with Crippen molar-refractivity contribution in [2.45, 2.75) is 38.5 Å². The van der Waals surface area contributed by atoms with E-state index in [9.17, 15) is 8.42 Å². The third-order valence-electron chi connectivity index (χ3n) is 5.20. The van der Waals surface area contributed by atoms with Gasteiger partial charge in [0.15, 0.2) is 0 Å². The molecule has 0 N–H and O–H groups in total. The Kier molecular flexibility index (Phi) is 5.03. The van der Waals surface area contributed by atoms with Crippen LogP contribution >= 0.6 is 0 Å². The summed E-state index contributed by atoms with van der Waals surface area (Å²) in [5.41, 5.74) is 4.27. The molecule has 0 bridgehead atoms. The molecular formula is C21H23N3O3S. The number of nitrogens with zero attached hydrogens (tertiary/aromatic N) is 3. The summed E-state index contributed by atoms with van der Waals surface area (Å²) in [6, 6.07) is 13.0. The van der Waals surface area contributed by atoms with Crippen LogP contribution in [0.2, 0.25) is 0 Å². The van der Waals surface area contributed by atoms with Crippen molar-refractivity contribution in [2.75, 3.05) is 6.54 Å². The van der Waals surface area contributed by atoms with Crippen LogP contribution < -0.4 is 0 Å². The van der Waals surface area contributed by atoms with Gasteiger partial charge in [0.05, 0.1) is 23.2 Å². The Morgan fingerprint density at radius 1 is 1.14 bits per heavy atom. The molecule has 0 radical (unpaired) electrons. The van der Waals surface area contributed by atoms with Gasteiger partial charge < -0.3 is 4.52 Å². The first-order valence-corrected chi connectivity index (χ1v) is 11.0. The summed E-state index contributed by atoms with van der Waals surface area (Å²) in [5.74, 6) is 0.765. The fourth-order valence-electron chi connectivity index (χ4n) is 3.88. The van der Waals surface area contributed by atoms with Crippen LogP contribution in [-0.2, 0) is 15.8 Å². The zero-order chi connectivity index (χ0) is 19.7. The molecule has 1 fully saturated rings. The van der Waals surface area contributed by atoms with E-state index in [0.717, 1.165) is 46.7 Å². The van der Waals surface area contributed by atoms with E-state index in [0.29, 0.717) is 6.54 Å². The minimum Gasteiger partial charge on any atom is -0.361 e. The van der Waals surface area contributed by atoms with Gasteiger partial charge in [0, 0.05) is 23.9 Å². The third-order valence-corrected chi connectivity index (χ3v) is 7.05. The van der Waals surface area contributed by atoms with Crippen molar-refractivity contribution in [3.05, 3.63) is 71.4 Å². The Morgan fingerprint density at radius 3 is 2.57 bits per heavy atom. The second-order valence-corrected chi connectivity index (χ2v) is 9.10. The minimum atomic E-state index is -3.41. The third kappa shape index (κ3) is 3.59. The highest BCUT2D eigenvalue weighted by Gasteiger charge is 2.35. The number of rotatable bonds is 5. The van der Waals surface area contributed by atoms with E-state index >= 15 is 0 Å². The van der Waals surface area contributed by atoms with Crippen LogP contribution in [0.4, 0.5) is 0 Å². The molecule has 6 nitrogen and oxygen atoms in total. The van der Waals surface area contributed by atoms with E-state index in [4.69, 9.17) is 4.52 Å². The van der Waals surface area contributed by atoms with Crippen LogP contribution in [0, 0.1) is 13.8 Å². The van der Waals surface area contributed by atoms with Crippen molar-refractivity contribution in [3.63, 3.8) is 0 Å². The molecule has 1 aliphatic rings. The van der Waals surface area contributed by atoms with Crippen molar-refractivity contribution >= 4 is 10.0 Å². The molecule has 1 aromatic carbocycles. The molecule has 146 valence electrons. The van der Waals surface area contributed by atoms with Gasteiger partial charge in [-0.3, -0.25) is 4.98 Å². The van der Waals surface area contributed by atoms with Crippen LogP contribution in [0.25, 0.3) is 11.1 Å². The molecule has 1 aliphatic heterocycles. The largest absolute Gasteiger partial charge is 0.361 e. The van der Waals surface area contributed by atoms with Gasteiger partial charge >= 0.3 is 0 Å². The average molecular weight is 398 g/mol. The molecule has 1 saturated heterocycles. The number of hydrogen-bond donors (Lipinski definition) is 0. The topological polar surface area (TPSA) is 76.3 Å². The molecule has 0 amide bonds. The van der Waals surface area contributed by atoms with E-state index in [1.54, 1.807) is 10.5 Å². The lowest BCUT2D eigenvalue weighted by Crippen LogP contribution is -2.32. The second-order valence-electron chi connectivity index (χ2n) is 7.18. The van der Waals surface area contributed by atoms with Gasteiger partial charge in [-0.25, -0.2) is 8.42 Å². The molecule has 28 heavy (non-hydrogen) atoms. The first-order valence-electron chi connectivity index (χ1n) is 9.38. The first-order chi connectivity index (χ1) is 13.5. The fraction of sp³-hybridized carbons (Fsp3) is 0.333. The minimum absolute atomic E-state index is 0.0154. The number of benzene rings is 1. The Balaban J connectivity index is 1.58. The molecule has 0 aliphatic carbocycles. The summed E-state index contributed by atoms with van der Waals surface area (Å²) in [7, 11) is -3.41. The summed E-state index contributed by atoms with van der Waals surface area (Å²) in [4.78, 5) is 4.59. The van der Waals surface area contributed by atoms with Crippen molar-refractivity contribution in [1.82, 2.24) is 14.4 Å². The highest BCUT2D eigenvalue weighted by molar-refractivity contribution is 7.88. The van der Waals surface area contributed by atoms with Gasteiger partial charge in [0.2, 0.25) is 10.0 Å². The van der Waals surface area contributed by atoms with Crippen LogP contribution in [0.5, 0.6) is 0 Å². The van der Waals surface area contributed by atoms with Gasteiger partial charge in [-0.05, 0) is 38.3 Å². The second kappa shape index (κ2) is 7.48. The molecule has 1 atom stereocenters. The lowest BCUT2D eigenvalue weighted by Gasteiger charge is -2.24. The molecule has 0 spiro atoms. The zero-order valence-corrected chi connectivity index (χ0v) is 16.8. The summed E-state index contributed by atoms with van der Waals surface area (Å²) < 4.78 is 32.9. The molecule has 0 saturated carbocycles. The normalized spacial score (nSPS) is 17.9. The monoisotopic (exact) mass is 397 g/mol. The molecule has 0 unspecified atom stereocenters. The van der Waals surface area contributed by atoms with E-state index in [2.05, 4.69) is 10.1 Å². The summed E-state index contributed by atoms with van der Waals surface area (Å²) in [5, 5.41) is 3.99. The summed E-state index contributed by atoms with van der Waals surface area (Å²) >= 11 is 0. The fourth-order valence-corrected chi connectivity index (χ4v) is 5.67. The van der Waals surface area contributed by atoms with Crippen LogP contribution in [0.3, 0.4) is 0 Å². The van der Waals surface area contributed by atoms with E-state index in [1.165, 1.54) is 0 Å². The maximum absolute atomic E-state index is 13.0. The van der Waals surface area contributed by atoms with Gasteiger partial charge in [0.1, 0.15) is 5.76 Å². The van der Waals surface area contributed by atoms with Gasteiger partial charge in [-0.15, -0.1) is 0 Å². The van der Waals surface area contributed by atoms with Crippen molar-refractivity contribution in [2.24, 2.45) is 0 Å². The van der Waals surface area contributed by atoms with Crippen LogP contribution in [0.1, 0.15) is 41.6 Å². The molecular weight excluding hydrogens is 374 g/mol. The molecule has 3 aromatic rings. The molecule has 4 rings (SSSR count). The molecule has 3 heterocycles. The highest BCUT2D eigenvalue weighted by Crippen LogP contribution is 2.35. The van der Waals surface area contributed by atoms with Crippen LogP contribution in [-0.4, -0.2) is 29.4 Å². The van der Waals surface area contributed by atoms with E-state index in [-0.39, 0.29) is 11.8 Å². The maximum Gasteiger partial charge on any atom is 0.218 e. The van der Waals surface area contributed by atoms with E-state index < -0.39 is 10.0 Å². The number of pyridine rings is 1. The first kappa shape index (κ1) is 18.8. The predicted octanol–water partition coefficient (Wildman–Crippen LogP) is 4.02. The number of sulfonamides is 1. The Morgan fingerprint density at radius 2 is 1.93 bits per heavy atom. The standard InChI is InChI=1S/C21H23N3O3S/c1-15-21(16(2)27-23-15)18-10-11-19(22-13-18)20-9-6-12-24(20)28(25,26)14-17-7-4-3-5-8-17/h3-5,7-8,10-11,13,20H,6,9,12,14H2,1-2H3/t20-/m0/s1. The Labute approximate surface area is 165 Å². The maximum atomic E-state index is 13.0. The lowest BCUT2D eigenvalue weighted by atomic mass is 10.0. The summed E-state index contributed by atoms with van der Waals surface area (Å²) in [6.45, 7) is 4.31. The van der Waals surface area contributed by atoms with Crippen molar-refractivity contribution < 1.29 is 12.9 Å². The van der Waals surface area contributed by atoms with Gasteiger partial charge in [-0.2, -0.15) is 4.31 Å². The highest BCUT2D eigenvalue weighted by atomic mass is 32.2. The predicted molar refractivity (Wildman–Crippen MR) is 107 cm³/mol. The SMILES string of the molecule is Cc1noc(C)c1-c1ccc([C@@H]2CCCN2S(=O)(=O)Cc2ccccc2)nc1. The summed E-state index contributed by atoms with van der Waals surface area (Å²) in [6.07, 6.45) is 3.40. The van der Waals surface area contributed by atoms with Crippen molar-refractivity contribution in [3.8, 4) is 11.1 Å². The zero-order valence-electron chi connectivity index (χ0n) is 16.0. The quantitative estimate of drug-likeness (QED) is 0.650. The van der Waals surface area contributed by atoms with Crippen LogP contribution in [0.15, 0.2) is 53.2 Å². The van der Waals surface area contributed by atoms with Gasteiger partial charge in [-0.1, -0.05) is 41.6 Å². The Hall–Kier alpha value is -2.51. The molecule has 7 heteroatoms.